The summed E-state index contributed by atoms with van der Waals surface area (Å²) in [5.41, 5.74) is 0. The van der Waals surface area contributed by atoms with E-state index in [0.717, 1.165) is 62.4 Å². The minimum Gasteiger partial charge on any atom is -0.296 e. The van der Waals surface area contributed by atoms with E-state index in [2.05, 4.69) is 38.3 Å². The van der Waals surface area contributed by atoms with Crippen LogP contribution < -0.4 is 0 Å². The molecule has 2 aromatic heterocycles. The Labute approximate surface area is 139 Å². The zero-order valence-electron chi connectivity index (χ0n) is 12.8. The van der Waals surface area contributed by atoms with Crippen LogP contribution in [-0.2, 0) is 19.6 Å². The number of aromatic nitrogens is 4. The van der Waals surface area contributed by atoms with E-state index >= 15 is 0 Å². The molecule has 1 aliphatic heterocycles. The Bertz CT molecular complexity index is 590. The standard InChI is InChI=1S/C14H21ClN6S/c1-2-5-21-14(16-17-18-21)11-20-8-6-19(7-9-20)10-12-3-4-13(15)22-12/h3-4H,2,5-11H2,1H3. The summed E-state index contributed by atoms with van der Waals surface area (Å²) in [4.78, 5) is 6.24. The van der Waals surface area contributed by atoms with Gasteiger partial charge in [-0.25, -0.2) is 4.68 Å². The second-order valence-corrected chi connectivity index (χ2v) is 7.38. The van der Waals surface area contributed by atoms with Crippen LogP contribution in [0.3, 0.4) is 0 Å². The summed E-state index contributed by atoms with van der Waals surface area (Å²) in [5.74, 6) is 0.973. The van der Waals surface area contributed by atoms with Gasteiger partial charge >= 0.3 is 0 Å². The van der Waals surface area contributed by atoms with E-state index in [0.29, 0.717) is 0 Å². The van der Waals surface area contributed by atoms with Crippen molar-refractivity contribution < 1.29 is 0 Å². The number of halogens is 1. The van der Waals surface area contributed by atoms with E-state index in [9.17, 15) is 0 Å². The Morgan fingerprint density at radius 1 is 1.14 bits per heavy atom. The highest BCUT2D eigenvalue weighted by Crippen LogP contribution is 2.23. The fourth-order valence-electron chi connectivity index (χ4n) is 2.68. The Kier molecular flexibility index (Phi) is 5.41. The number of piperazine rings is 1. The Hall–Kier alpha value is -1.02. The fraction of sp³-hybridized carbons (Fsp3) is 0.643. The Morgan fingerprint density at radius 2 is 1.86 bits per heavy atom. The molecule has 0 spiro atoms. The maximum absolute atomic E-state index is 5.99. The molecule has 0 unspecified atom stereocenters. The quantitative estimate of drug-likeness (QED) is 0.806. The molecule has 0 atom stereocenters. The van der Waals surface area contributed by atoms with Crippen LogP contribution in [0, 0.1) is 0 Å². The summed E-state index contributed by atoms with van der Waals surface area (Å²) in [6.45, 7) is 9.12. The van der Waals surface area contributed by atoms with Gasteiger partial charge in [0.15, 0.2) is 5.82 Å². The van der Waals surface area contributed by atoms with Gasteiger partial charge in [0.1, 0.15) is 0 Å². The van der Waals surface area contributed by atoms with E-state index in [1.54, 1.807) is 11.3 Å². The summed E-state index contributed by atoms with van der Waals surface area (Å²) in [6, 6.07) is 4.10. The Morgan fingerprint density at radius 3 is 2.50 bits per heavy atom. The monoisotopic (exact) mass is 340 g/mol. The second-order valence-electron chi connectivity index (χ2n) is 5.58. The number of hydrogen-bond donors (Lipinski definition) is 0. The van der Waals surface area contributed by atoms with Crippen LogP contribution in [0.15, 0.2) is 12.1 Å². The van der Waals surface area contributed by atoms with Crippen LogP contribution in [0.4, 0.5) is 0 Å². The van der Waals surface area contributed by atoms with Crippen molar-refractivity contribution in [3.05, 3.63) is 27.2 Å². The lowest BCUT2D eigenvalue weighted by Crippen LogP contribution is -2.45. The van der Waals surface area contributed by atoms with Crippen LogP contribution in [0.25, 0.3) is 0 Å². The molecule has 2 aromatic rings. The van der Waals surface area contributed by atoms with Gasteiger partial charge in [0, 0.05) is 44.1 Å². The molecule has 0 amide bonds. The van der Waals surface area contributed by atoms with Crippen LogP contribution in [0.2, 0.25) is 4.34 Å². The molecular weight excluding hydrogens is 320 g/mol. The van der Waals surface area contributed by atoms with Crippen molar-refractivity contribution in [2.24, 2.45) is 0 Å². The van der Waals surface area contributed by atoms with Crippen molar-refractivity contribution in [3.63, 3.8) is 0 Å². The molecule has 6 nitrogen and oxygen atoms in total. The molecule has 0 aromatic carbocycles. The molecule has 0 N–H and O–H groups in total. The van der Waals surface area contributed by atoms with Gasteiger partial charge in [0.05, 0.1) is 10.9 Å². The van der Waals surface area contributed by atoms with Crippen molar-refractivity contribution in [2.45, 2.75) is 33.0 Å². The third-order valence-electron chi connectivity index (χ3n) is 3.88. The van der Waals surface area contributed by atoms with E-state index < -0.39 is 0 Å². The lowest BCUT2D eigenvalue weighted by Gasteiger charge is -2.34. The molecule has 1 saturated heterocycles. The van der Waals surface area contributed by atoms with Gasteiger partial charge in [-0.3, -0.25) is 9.80 Å². The van der Waals surface area contributed by atoms with Crippen LogP contribution in [0.1, 0.15) is 24.0 Å². The third-order valence-corrected chi connectivity index (χ3v) is 5.10. The summed E-state index contributed by atoms with van der Waals surface area (Å²) < 4.78 is 2.79. The zero-order chi connectivity index (χ0) is 15.4. The van der Waals surface area contributed by atoms with Crippen LogP contribution in [-0.4, -0.2) is 56.2 Å². The molecule has 22 heavy (non-hydrogen) atoms. The highest BCUT2D eigenvalue weighted by Gasteiger charge is 2.19. The third kappa shape index (κ3) is 4.04. The Balaban J connectivity index is 1.48. The van der Waals surface area contributed by atoms with Gasteiger partial charge < -0.3 is 0 Å². The fourth-order valence-corrected chi connectivity index (χ4v) is 3.81. The number of tetrazole rings is 1. The molecule has 1 fully saturated rings. The number of thiophene rings is 1. The SMILES string of the molecule is CCCn1nnnc1CN1CCN(Cc2ccc(Cl)s2)CC1. The predicted molar refractivity (Wildman–Crippen MR) is 88.0 cm³/mol. The van der Waals surface area contributed by atoms with Gasteiger partial charge in [0.25, 0.3) is 0 Å². The molecule has 120 valence electrons. The van der Waals surface area contributed by atoms with E-state index in [1.165, 1.54) is 4.88 Å². The number of nitrogens with zero attached hydrogens (tertiary/aromatic N) is 6. The average Bonchev–Trinajstić information content (AvgIpc) is 3.11. The minimum atomic E-state index is 0.839. The molecule has 0 saturated carbocycles. The van der Waals surface area contributed by atoms with E-state index in [-0.39, 0.29) is 0 Å². The zero-order valence-corrected chi connectivity index (χ0v) is 14.4. The van der Waals surface area contributed by atoms with E-state index in [4.69, 9.17) is 11.6 Å². The van der Waals surface area contributed by atoms with Gasteiger partial charge in [-0.2, -0.15) is 0 Å². The first-order valence-corrected chi connectivity index (χ1v) is 8.88. The lowest BCUT2D eigenvalue weighted by atomic mass is 10.3. The molecule has 3 rings (SSSR count). The largest absolute Gasteiger partial charge is 0.296 e. The average molecular weight is 341 g/mol. The molecule has 8 heteroatoms. The summed E-state index contributed by atoms with van der Waals surface area (Å²) >= 11 is 7.67. The van der Waals surface area contributed by atoms with Crippen molar-refractivity contribution in [3.8, 4) is 0 Å². The normalized spacial score (nSPS) is 17.2. The summed E-state index contributed by atoms with van der Waals surface area (Å²) in [7, 11) is 0. The predicted octanol–water partition coefficient (Wildman–Crippen LogP) is 2.12. The maximum Gasteiger partial charge on any atom is 0.165 e. The van der Waals surface area contributed by atoms with Crippen molar-refractivity contribution in [1.29, 1.82) is 0 Å². The first-order chi connectivity index (χ1) is 10.7. The first-order valence-electron chi connectivity index (χ1n) is 7.68. The van der Waals surface area contributed by atoms with Crippen LogP contribution in [0.5, 0.6) is 0 Å². The molecule has 0 bridgehead atoms. The smallest absolute Gasteiger partial charge is 0.165 e. The second kappa shape index (κ2) is 7.50. The maximum atomic E-state index is 5.99. The first kappa shape index (κ1) is 15.9. The molecule has 0 radical (unpaired) electrons. The van der Waals surface area contributed by atoms with Gasteiger partial charge in [-0.05, 0) is 29.0 Å². The van der Waals surface area contributed by atoms with Gasteiger partial charge in [-0.1, -0.05) is 18.5 Å². The topological polar surface area (TPSA) is 50.1 Å². The van der Waals surface area contributed by atoms with Crippen LogP contribution >= 0.6 is 22.9 Å². The van der Waals surface area contributed by atoms with Crippen molar-refractivity contribution >= 4 is 22.9 Å². The minimum absolute atomic E-state index is 0.839. The van der Waals surface area contributed by atoms with E-state index in [1.807, 2.05) is 10.7 Å². The van der Waals surface area contributed by atoms with Gasteiger partial charge in [-0.15, -0.1) is 16.4 Å². The molecular formula is C14H21ClN6S. The summed E-state index contributed by atoms with van der Waals surface area (Å²) in [6.07, 6.45) is 1.05. The molecule has 3 heterocycles. The molecule has 0 aliphatic carbocycles. The number of aryl methyl sites for hydroxylation is 1. The lowest BCUT2D eigenvalue weighted by molar-refractivity contribution is 0.119. The van der Waals surface area contributed by atoms with Crippen molar-refractivity contribution in [2.75, 3.05) is 26.2 Å². The number of rotatable bonds is 6. The highest BCUT2D eigenvalue weighted by atomic mass is 35.5. The molecule has 1 aliphatic rings. The van der Waals surface area contributed by atoms with Crippen molar-refractivity contribution in [1.82, 2.24) is 30.0 Å². The summed E-state index contributed by atoms with van der Waals surface area (Å²) in [5, 5.41) is 12.0. The highest BCUT2D eigenvalue weighted by molar-refractivity contribution is 7.16. The number of hydrogen-bond acceptors (Lipinski definition) is 6. The van der Waals surface area contributed by atoms with Gasteiger partial charge in [0.2, 0.25) is 0 Å².